The zero-order chi connectivity index (χ0) is 22.5. The van der Waals surface area contributed by atoms with Crippen molar-refractivity contribution in [3.8, 4) is 0 Å². The number of rotatable bonds is 6. The average molecular weight is 431 g/mol. The molecule has 1 heterocycles. The molecule has 32 heavy (non-hydrogen) atoms. The predicted molar refractivity (Wildman–Crippen MR) is 122 cm³/mol. The molecule has 2 aromatic carbocycles. The van der Waals surface area contributed by atoms with Gasteiger partial charge in [0.05, 0.1) is 17.5 Å². The molecule has 1 aliphatic carbocycles. The van der Waals surface area contributed by atoms with Crippen molar-refractivity contribution < 1.29 is 18.8 Å². The number of aryl methyl sites for hydroxylation is 1. The Morgan fingerprint density at radius 3 is 2.34 bits per heavy atom. The monoisotopic (exact) mass is 431 g/mol. The molecular formula is C25H25N3O4. The lowest BCUT2D eigenvalue weighted by atomic mass is 10.1. The van der Waals surface area contributed by atoms with Crippen molar-refractivity contribution in [2.75, 3.05) is 10.6 Å². The maximum atomic E-state index is 12.9. The summed E-state index contributed by atoms with van der Waals surface area (Å²) in [4.78, 5) is 38.0. The minimum absolute atomic E-state index is 0.182. The van der Waals surface area contributed by atoms with E-state index >= 15 is 0 Å². The van der Waals surface area contributed by atoms with Gasteiger partial charge in [0.1, 0.15) is 0 Å². The molecule has 1 saturated carbocycles. The van der Waals surface area contributed by atoms with Crippen LogP contribution in [0.1, 0.15) is 62.5 Å². The molecule has 0 radical (unpaired) electrons. The van der Waals surface area contributed by atoms with Crippen LogP contribution in [-0.2, 0) is 0 Å². The fraction of sp³-hybridized carbons (Fsp3) is 0.240. The van der Waals surface area contributed by atoms with Crippen LogP contribution in [0.5, 0.6) is 0 Å². The topological polar surface area (TPSA) is 100 Å². The van der Waals surface area contributed by atoms with Gasteiger partial charge in [0.15, 0.2) is 5.76 Å². The summed E-state index contributed by atoms with van der Waals surface area (Å²) in [5, 5.41) is 8.65. The van der Waals surface area contributed by atoms with Crippen LogP contribution in [0.3, 0.4) is 0 Å². The van der Waals surface area contributed by atoms with E-state index in [2.05, 4.69) is 16.0 Å². The highest BCUT2D eigenvalue weighted by molar-refractivity contribution is 6.10. The standard InChI is InChI=1S/C25H25N3O4/c1-16-12-13-17(15-21(16)28-25(31)22-11-6-14-32-22)23(29)27-20-10-5-4-9-19(20)24(30)26-18-7-2-3-8-18/h4-6,9-15,18H,2-3,7-8H2,1H3,(H,26,30)(H,27,29)(H,28,31). The van der Waals surface area contributed by atoms with Gasteiger partial charge in [-0.05, 0) is 61.7 Å². The third kappa shape index (κ3) is 4.88. The number of hydrogen-bond acceptors (Lipinski definition) is 4. The smallest absolute Gasteiger partial charge is 0.291 e. The van der Waals surface area contributed by atoms with Crippen molar-refractivity contribution in [2.24, 2.45) is 0 Å². The molecule has 3 N–H and O–H groups in total. The summed E-state index contributed by atoms with van der Waals surface area (Å²) in [7, 11) is 0. The molecule has 1 fully saturated rings. The van der Waals surface area contributed by atoms with Gasteiger partial charge < -0.3 is 20.4 Å². The number of nitrogens with one attached hydrogen (secondary N) is 3. The number of carbonyl (C=O) groups excluding carboxylic acids is 3. The Hall–Kier alpha value is -3.87. The van der Waals surface area contributed by atoms with E-state index in [4.69, 9.17) is 4.42 Å². The zero-order valence-electron chi connectivity index (χ0n) is 17.8. The number of para-hydroxylation sites is 1. The number of benzene rings is 2. The Balaban J connectivity index is 1.49. The van der Waals surface area contributed by atoms with Gasteiger partial charge in [0.2, 0.25) is 0 Å². The van der Waals surface area contributed by atoms with Crippen LogP contribution in [0.2, 0.25) is 0 Å². The third-order valence-corrected chi connectivity index (χ3v) is 5.60. The van der Waals surface area contributed by atoms with E-state index in [9.17, 15) is 14.4 Å². The third-order valence-electron chi connectivity index (χ3n) is 5.60. The van der Waals surface area contributed by atoms with Gasteiger partial charge in [-0.15, -0.1) is 0 Å². The molecule has 0 spiro atoms. The van der Waals surface area contributed by atoms with Crippen LogP contribution >= 0.6 is 0 Å². The highest BCUT2D eigenvalue weighted by Gasteiger charge is 2.20. The van der Waals surface area contributed by atoms with E-state index in [1.54, 1.807) is 54.6 Å². The van der Waals surface area contributed by atoms with E-state index < -0.39 is 5.91 Å². The minimum atomic E-state index is -0.399. The van der Waals surface area contributed by atoms with Gasteiger partial charge in [0.25, 0.3) is 17.7 Å². The van der Waals surface area contributed by atoms with Crippen molar-refractivity contribution in [3.05, 3.63) is 83.3 Å². The first-order chi connectivity index (χ1) is 15.5. The normalized spacial score (nSPS) is 13.5. The van der Waals surface area contributed by atoms with E-state index in [0.717, 1.165) is 31.2 Å². The Labute approximate surface area is 186 Å². The SMILES string of the molecule is Cc1ccc(C(=O)Nc2ccccc2C(=O)NC2CCCC2)cc1NC(=O)c1ccco1. The molecular weight excluding hydrogens is 406 g/mol. The van der Waals surface area contributed by atoms with E-state index in [1.807, 2.05) is 6.92 Å². The summed E-state index contributed by atoms with van der Waals surface area (Å²) in [6.07, 6.45) is 5.63. The summed E-state index contributed by atoms with van der Waals surface area (Å²) in [5.74, 6) is -0.784. The Kier molecular flexibility index (Phi) is 6.35. The van der Waals surface area contributed by atoms with E-state index in [-0.39, 0.29) is 23.6 Å². The summed E-state index contributed by atoms with van der Waals surface area (Å²) in [5.41, 5.74) is 2.53. The highest BCUT2D eigenvalue weighted by Crippen LogP contribution is 2.22. The molecule has 164 valence electrons. The Morgan fingerprint density at radius 1 is 0.844 bits per heavy atom. The van der Waals surface area contributed by atoms with Crippen LogP contribution in [0.15, 0.2) is 65.3 Å². The fourth-order valence-corrected chi connectivity index (χ4v) is 3.81. The van der Waals surface area contributed by atoms with Crippen molar-refractivity contribution in [2.45, 2.75) is 38.6 Å². The minimum Gasteiger partial charge on any atom is -0.459 e. The number of furan rings is 1. The van der Waals surface area contributed by atoms with Crippen molar-refractivity contribution >= 4 is 29.1 Å². The van der Waals surface area contributed by atoms with Gasteiger partial charge in [0, 0.05) is 17.3 Å². The van der Waals surface area contributed by atoms with Gasteiger partial charge in [-0.3, -0.25) is 14.4 Å². The quantitative estimate of drug-likeness (QED) is 0.524. The molecule has 0 aliphatic heterocycles. The van der Waals surface area contributed by atoms with Crippen LogP contribution < -0.4 is 16.0 Å². The lowest BCUT2D eigenvalue weighted by Crippen LogP contribution is -2.33. The van der Waals surface area contributed by atoms with Crippen LogP contribution in [0, 0.1) is 6.92 Å². The maximum Gasteiger partial charge on any atom is 0.291 e. The van der Waals surface area contributed by atoms with Crippen LogP contribution in [0.4, 0.5) is 11.4 Å². The summed E-state index contributed by atoms with van der Waals surface area (Å²) >= 11 is 0. The first-order valence-corrected chi connectivity index (χ1v) is 10.7. The lowest BCUT2D eigenvalue weighted by Gasteiger charge is -2.15. The number of hydrogen-bond donors (Lipinski definition) is 3. The zero-order valence-corrected chi connectivity index (χ0v) is 17.8. The second-order valence-electron chi connectivity index (χ2n) is 7.92. The first-order valence-electron chi connectivity index (χ1n) is 10.7. The molecule has 4 rings (SSSR count). The van der Waals surface area contributed by atoms with Crippen LogP contribution in [-0.4, -0.2) is 23.8 Å². The summed E-state index contributed by atoms with van der Waals surface area (Å²) < 4.78 is 5.12. The fourth-order valence-electron chi connectivity index (χ4n) is 3.81. The Bertz CT molecular complexity index is 1130. The molecule has 0 unspecified atom stereocenters. The summed E-state index contributed by atoms with van der Waals surface area (Å²) in [6, 6.07) is 15.4. The number of amides is 3. The first kappa shape index (κ1) is 21.4. The predicted octanol–water partition coefficient (Wildman–Crippen LogP) is 4.77. The second-order valence-corrected chi connectivity index (χ2v) is 7.92. The van der Waals surface area contributed by atoms with E-state index in [0.29, 0.717) is 22.5 Å². The molecule has 0 atom stereocenters. The van der Waals surface area contributed by atoms with Crippen molar-refractivity contribution in [3.63, 3.8) is 0 Å². The second kappa shape index (κ2) is 9.51. The number of anilines is 2. The molecule has 1 aliphatic rings. The lowest BCUT2D eigenvalue weighted by molar-refractivity contribution is 0.0937. The highest BCUT2D eigenvalue weighted by atomic mass is 16.3. The largest absolute Gasteiger partial charge is 0.459 e. The van der Waals surface area contributed by atoms with Crippen molar-refractivity contribution in [1.29, 1.82) is 0 Å². The van der Waals surface area contributed by atoms with Crippen molar-refractivity contribution in [1.82, 2.24) is 5.32 Å². The van der Waals surface area contributed by atoms with Gasteiger partial charge in [-0.25, -0.2) is 0 Å². The van der Waals surface area contributed by atoms with Gasteiger partial charge >= 0.3 is 0 Å². The molecule has 0 bridgehead atoms. The molecule has 3 amide bonds. The maximum absolute atomic E-state index is 12.9. The molecule has 1 aromatic heterocycles. The summed E-state index contributed by atoms with van der Waals surface area (Å²) in [6.45, 7) is 1.84. The van der Waals surface area contributed by atoms with Gasteiger partial charge in [-0.1, -0.05) is 31.0 Å². The molecule has 0 saturated heterocycles. The van der Waals surface area contributed by atoms with E-state index in [1.165, 1.54) is 6.26 Å². The molecule has 7 nitrogen and oxygen atoms in total. The molecule has 7 heteroatoms. The van der Waals surface area contributed by atoms with Gasteiger partial charge in [-0.2, -0.15) is 0 Å². The average Bonchev–Trinajstić information content (AvgIpc) is 3.50. The Morgan fingerprint density at radius 2 is 1.59 bits per heavy atom. The van der Waals surface area contributed by atoms with Crippen LogP contribution in [0.25, 0.3) is 0 Å². The number of carbonyl (C=O) groups is 3. The molecule has 3 aromatic rings.